The first-order valence-electron chi connectivity index (χ1n) is 12.8. The number of allylic oxidation sites excluding steroid dienone is 4. The summed E-state index contributed by atoms with van der Waals surface area (Å²) in [6.07, 6.45) is 20.8. The molecular formula is C31H26N6O2. The van der Waals surface area contributed by atoms with Crippen LogP contribution in [0.2, 0.25) is 0 Å². The van der Waals surface area contributed by atoms with Gasteiger partial charge in [-0.25, -0.2) is 9.98 Å². The number of hydrogen-bond donors (Lipinski definition) is 2. The summed E-state index contributed by atoms with van der Waals surface area (Å²) in [5.74, 6) is 0.506. The normalized spacial score (nSPS) is 26.3. The fourth-order valence-electron chi connectivity index (χ4n) is 5.53. The Kier molecular flexibility index (Phi) is 4.82. The summed E-state index contributed by atoms with van der Waals surface area (Å²) >= 11 is 0. The Morgan fingerprint density at radius 1 is 0.949 bits per heavy atom. The second kappa shape index (κ2) is 8.07. The molecule has 0 radical (unpaired) electrons. The van der Waals surface area contributed by atoms with Gasteiger partial charge in [0.05, 0.1) is 28.1 Å². The highest BCUT2D eigenvalue weighted by atomic mass is 16.3. The number of H-pyrrole nitrogens is 1. The molecule has 1 fully saturated rings. The van der Waals surface area contributed by atoms with E-state index in [2.05, 4.69) is 15.3 Å². The van der Waals surface area contributed by atoms with Crippen molar-refractivity contribution >= 4 is 29.4 Å². The fraction of sp³-hybridized carbons (Fsp3) is 0.194. The van der Waals surface area contributed by atoms with Crippen LogP contribution in [-0.4, -0.2) is 37.7 Å². The molecule has 8 nitrogen and oxygen atoms in total. The number of aliphatic imine (C=N–C) groups is 2. The topological polar surface area (TPSA) is 109 Å². The molecule has 3 aromatic heterocycles. The number of hydrogen-bond acceptors (Lipinski definition) is 7. The highest BCUT2D eigenvalue weighted by Crippen LogP contribution is 2.44. The van der Waals surface area contributed by atoms with Crippen LogP contribution in [0.25, 0.3) is 23.6 Å². The molecule has 192 valence electrons. The van der Waals surface area contributed by atoms with E-state index in [-0.39, 0.29) is 5.78 Å². The van der Waals surface area contributed by atoms with Crippen molar-refractivity contribution in [3.63, 3.8) is 0 Å². The van der Waals surface area contributed by atoms with Crippen LogP contribution in [0.1, 0.15) is 26.5 Å². The smallest absolute Gasteiger partial charge is 0.227 e. The van der Waals surface area contributed by atoms with Gasteiger partial charge in [-0.15, -0.1) is 0 Å². The molecule has 8 bridgehead atoms. The second-order valence-corrected chi connectivity index (χ2v) is 10.9. The minimum atomic E-state index is -0.981. The predicted octanol–water partition coefficient (Wildman–Crippen LogP) is 3.28. The summed E-state index contributed by atoms with van der Waals surface area (Å²) < 4.78 is 5.89. The number of carbonyl (C=O) groups excluding carboxylic acids is 1. The van der Waals surface area contributed by atoms with Gasteiger partial charge in [0.25, 0.3) is 0 Å². The lowest BCUT2D eigenvalue weighted by molar-refractivity contribution is -0.126. The van der Waals surface area contributed by atoms with Gasteiger partial charge >= 0.3 is 0 Å². The first-order chi connectivity index (χ1) is 18.7. The number of carbonyl (C=O) groups is 1. The van der Waals surface area contributed by atoms with E-state index in [0.29, 0.717) is 11.6 Å². The number of nitrogens with zero attached hydrogens (tertiary/aromatic N) is 4. The molecular weight excluding hydrogens is 488 g/mol. The van der Waals surface area contributed by atoms with E-state index < -0.39 is 16.5 Å². The Morgan fingerprint density at radius 2 is 1.77 bits per heavy atom. The highest BCUT2D eigenvalue weighted by Gasteiger charge is 2.52. The van der Waals surface area contributed by atoms with E-state index in [9.17, 15) is 4.79 Å². The van der Waals surface area contributed by atoms with Crippen LogP contribution in [0.15, 0.2) is 105 Å². The molecule has 7 heterocycles. The van der Waals surface area contributed by atoms with E-state index >= 15 is 0 Å². The summed E-state index contributed by atoms with van der Waals surface area (Å²) in [7, 11) is 0. The maximum Gasteiger partial charge on any atom is 0.227 e. The third-order valence-corrected chi connectivity index (χ3v) is 7.57. The maximum atomic E-state index is 13.8. The number of ketones is 1. The van der Waals surface area contributed by atoms with Crippen LogP contribution in [0, 0.1) is 5.41 Å². The van der Waals surface area contributed by atoms with Crippen molar-refractivity contribution in [3.05, 3.63) is 107 Å². The maximum absolute atomic E-state index is 13.8. The Labute approximate surface area is 224 Å². The zero-order valence-electron chi connectivity index (χ0n) is 21.8. The molecule has 8 heteroatoms. The first kappa shape index (κ1) is 23.3. The molecule has 0 amide bonds. The van der Waals surface area contributed by atoms with Gasteiger partial charge in [-0.05, 0) is 93.6 Å². The molecule has 2 N–H and O–H groups in total. The number of rotatable bonds is 2. The van der Waals surface area contributed by atoms with E-state index in [4.69, 9.17) is 19.4 Å². The van der Waals surface area contributed by atoms with Crippen molar-refractivity contribution in [2.45, 2.75) is 31.8 Å². The van der Waals surface area contributed by atoms with Crippen molar-refractivity contribution in [2.24, 2.45) is 15.4 Å². The second-order valence-electron chi connectivity index (χ2n) is 10.9. The van der Waals surface area contributed by atoms with Crippen molar-refractivity contribution < 1.29 is 9.21 Å². The molecule has 0 aliphatic carbocycles. The van der Waals surface area contributed by atoms with Gasteiger partial charge in [0.15, 0.2) is 5.78 Å². The Morgan fingerprint density at radius 3 is 2.56 bits per heavy atom. The van der Waals surface area contributed by atoms with Crippen molar-refractivity contribution in [1.82, 2.24) is 20.3 Å². The minimum Gasteiger partial charge on any atom is -0.444 e. The summed E-state index contributed by atoms with van der Waals surface area (Å²) in [6, 6.07) is 7.75. The zero-order valence-corrected chi connectivity index (χ0v) is 21.8. The number of nitrogens with one attached hydrogen (secondary N) is 2. The summed E-state index contributed by atoms with van der Waals surface area (Å²) in [6.45, 7) is 5.77. The van der Waals surface area contributed by atoms with Gasteiger partial charge in [-0.3, -0.25) is 14.8 Å². The largest absolute Gasteiger partial charge is 0.444 e. The molecule has 3 aromatic rings. The molecule has 39 heavy (non-hydrogen) atoms. The summed E-state index contributed by atoms with van der Waals surface area (Å²) in [5, 5.41) is 5.36. The number of pyridine rings is 1. The van der Waals surface area contributed by atoms with Gasteiger partial charge in [-0.1, -0.05) is 0 Å². The quantitative estimate of drug-likeness (QED) is 0.546. The van der Waals surface area contributed by atoms with E-state index in [1.54, 1.807) is 18.7 Å². The Bertz CT molecular complexity index is 1850. The zero-order chi connectivity index (χ0) is 26.8. The van der Waals surface area contributed by atoms with E-state index in [1.165, 1.54) is 0 Å². The van der Waals surface area contributed by atoms with Crippen LogP contribution < -0.4 is 16.0 Å². The van der Waals surface area contributed by atoms with Gasteiger partial charge in [0.2, 0.25) is 5.89 Å². The highest BCUT2D eigenvalue weighted by molar-refractivity contribution is 6.20. The molecule has 0 saturated carbocycles. The summed E-state index contributed by atoms with van der Waals surface area (Å²) in [4.78, 5) is 36.1. The lowest BCUT2D eigenvalue weighted by Crippen LogP contribution is -2.41. The number of aromatic amines is 1. The predicted molar refractivity (Wildman–Crippen MR) is 150 cm³/mol. The number of Topliss-reactive ketones (excluding diaryl/α,β-unsaturated/α-hetero) is 1. The molecule has 0 aromatic carbocycles. The average molecular weight is 515 g/mol. The van der Waals surface area contributed by atoms with Gasteiger partial charge in [-0.2, -0.15) is 0 Å². The van der Waals surface area contributed by atoms with Crippen LogP contribution >= 0.6 is 0 Å². The van der Waals surface area contributed by atoms with E-state index in [0.717, 1.165) is 39.1 Å². The third kappa shape index (κ3) is 3.79. The molecule has 2 atom stereocenters. The Balaban J connectivity index is 1.45. The number of aromatic nitrogens is 3. The molecule has 1 saturated heterocycles. The summed E-state index contributed by atoms with van der Waals surface area (Å²) in [5.41, 5.74) is 1.74. The standard InChI is InChI=1S/C31H26N6O2/c1-29(2)25-16-31(26-18-39-27(35-26)19-5-4-12-32-17-19)11-10-23(36-31)14-22-7-6-20(33-22)13-21-8-9-24(34-21)15-30(3,37-25)28(29)38/h4-18,33,37H,1-3H3. The van der Waals surface area contributed by atoms with Crippen LogP contribution in [0.3, 0.4) is 0 Å². The molecule has 4 aliphatic rings. The lowest BCUT2D eigenvalue weighted by Gasteiger charge is -2.23. The van der Waals surface area contributed by atoms with Crippen LogP contribution in [0.4, 0.5) is 0 Å². The van der Waals surface area contributed by atoms with Crippen molar-refractivity contribution in [3.8, 4) is 11.5 Å². The lowest BCUT2D eigenvalue weighted by atomic mass is 9.79. The molecule has 4 aliphatic heterocycles. The number of fused-ring (bicyclic) bond motifs is 6. The fourth-order valence-corrected chi connectivity index (χ4v) is 5.53. The van der Waals surface area contributed by atoms with E-state index in [1.807, 2.05) is 93.6 Å². The van der Waals surface area contributed by atoms with Crippen LogP contribution in [0.5, 0.6) is 0 Å². The van der Waals surface area contributed by atoms with Gasteiger partial charge in [0, 0.05) is 28.8 Å². The van der Waals surface area contributed by atoms with Gasteiger partial charge in [0.1, 0.15) is 23.0 Å². The SMILES string of the molecule is CC12C=C3C=CC(=N3)C=c3ccc([nH]3)=CC3=NC(c4coc(-c5cccnc5)n4)(C=C3)C=C(N1)C(C)(C)C2=O. The minimum absolute atomic E-state index is 0.0526. The number of oxazole rings is 1. The van der Waals surface area contributed by atoms with Gasteiger partial charge < -0.3 is 14.7 Å². The molecule has 0 spiro atoms. The molecule has 2 unspecified atom stereocenters. The van der Waals surface area contributed by atoms with Crippen molar-refractivity contribution in [1.29, 1.82) is 0 Å². The third-order valence-electron chi connectivity index (χ3n) is 7.57. The first-order valence-corrected chi connectivity index (χ1v) is 12.8. The Hall–Kier alpha value is -4.85. The van der Waals surface area contributed by atoms with Crippen molar-refractivity contribution in [2.75, 3.05) is 0 Å². The van der Waals surface area contributed by atoms with Crippen LogP contribution in [-0.2, 0) is 10.3 Å². The average Bonchev–Trinajstić information content (AvgIpc) is 3.73. The molecule has 7 rings (SSSR count). The monoisotopic (exact) mass is 514 g/mol.